The van der Waals surface area contributed by atoms with Crippen molar-refractivity contribution in [2.24, 2.45) is 0 Å². The number of rotatable bonds is 3. The summed E-state index contributed by atoms with van der Waals surface area (Å²) in [6, 6.07) is 14.2. The molecular formula is C15H11BrClN5O. The third-order valence-electron chi connectivity index (χ3n) is 3.06. The summed E-state index contributed by atoms with van der Waals surface area (Å²) >= 11 is 9.30. The van der Waals surface area contributed by atoms with Gasteiger partial charge >= 0.3 is 0 Å². The largest absolute Gasteiger partial charge is 0.382 e. The number of aromatic nitrogens is 3. The first-order valence-electron chi connectivity index (χ1n) is 6.58. The van der Waals surface area contributed by atoms with Crippen LogP contribution in [0, 0.1) is 0 Å². The second-order valence-corrected chi connectivity index (χ2v) is 6.03. The summed E-state index contributed by atoms with van der Waals surface area (Å²) < 4.78 is 2.22. The maximum atomic E-state index is 12.3. The number of halogens is 2. The maximum absolute atomic E-state index is 12.3. The summed E-state index contributed by atoms with van der Waals surface area (Å²) in [4.78, 5) is 12.3. The fourth-order valence-electron chi connectivity index (χ4n) is 2.01. The molecule has 0 aliphatic carbocycles. The van der Waals surface area contributed by atoms with Gasteiger partial charge in [-0.3, -0.25) is 4.79 Å². The number of nitrogens with two attached hydrogens (primary N) is 1. The third kappa shape index (κ3) is 3.35. The molecule has 1 aromatic heterocycles. The van der Waals surface area contributed by atoms with Crippen LogP contribution in [-0.2, 0) is 0 Å². The third-order valence-corrected chi connectivity index (χ3v) is 3.78. The van der Waals surface area contributed by atoms with E-state index in [2.05, 4.69) is 31.6 Å². The van der Waals surface area contributed by atoms with Crippen molar-refractivity contribution < 1.29 is 4.79 Å². The van der Waals surface area contributed by atoms with E-state index in [4.69, 9.17) is 17.3 Å². The second-order valence-electron chi connectivity index (χ2n) is 4.68. The lowest BCUT2D eigenvalue weighted by atomic mass is 10.3. The Balaban J connectivity index is 1.88. The highest BCUT2D eigenvalue weighted by molar-refractivity contribution is 9.10. The first-order chi connectivity index (χ1) is 11.0. The highest BCUT2D eigenvalue weighted by atomic mass is 79.9. The van der Waals surface area contributed by atoms with E-state index < -0.39 is 5.91 Å². The van der Waals surface area contributed by atoms with Crippen molar-refractivity contribution in [2.45, 2.75) is 0 Å². The van der Waals surface area contributed by atoms with Gasteiger partial charge in [0.25, 0.3) is 5.91 Å². The molecule has 0 saturated carbocycles. The fraction of sp³-hybridized carbons (Fsp3) is 0. The molecule has 0 radical (unpaired) electrons. The summed E-state index contributed by atoms with van der Waals surface area (Å²) in [7, 11) is 0. The van der Waals surface area contributed by atoms with Crippen LogP contribution in [-0.4, -0.2) is 20.9 Å². The molecule has 0 aliphatic rings. The van der Waals surface area contributed by atoms with Gasteiger partial charge in [0.1, 0.15) is 0 Å². The van der Waals surface area contributed by atoms with Gasteiger partial charge in [0.2, 0.25) is 0 Å². The van der Waals surface area contributed by atoms with Crippen molar-refractivity contribution in [1.82, 2.24) is 15.0 Å². The van der Waals surface area contributed by atoms with Crippen LogP contribution in [0.3, 0.4) is 0 Å². The monoisotopic (exact) mass is 391 g/mol. The van der Waals surface area contributed by atoms with Crippen molar-refractivity contribution in [2.75, 3.05) is 11.1 Å². The number of benzene rings is 2. The maximum Gasteiger partial charge on any atom is 0.280 e. The summed E-state index contributed by atoms with van der Waals surface area (Å²) in [6.07, 6.45) is 0. The topological polar surface area (TPSA) is 85.8 Å². The van der Waals surface area contributed by atoms with Gasteiger partial charge in [0, 0.05) is 15.2 Å². The predicted molar refractivity (Wildman–Crippen MR) is 92.9 cm³/mol. The number of nitrogens with one attached hydrogen (secondary N) is 1. The molecule has 3 rings (SSSR count). The highest BCUT2D eigenvalue weighted by Gasteiger charge is 2.18. The van der Waals surface area contributed by atoms with Gasteiger partial charge in [-0.25, -0.2) is 0 Å². The van der Waals surface area contributed by atoms with Crippen LogP contribution in [0.5, 0.6) is 0 Å². The molecule has 23 heavy (non-hydrogen) atoms. The Kier molecular flexibility index (Phi) is 4.31. The molecule has 116 valence electrons. The lowest BCUT2D eigenvalue weighted by Gasteiger charge is -2.05. The van der Waals surface area contributed by atoms with Crippen LogP contribution in [0.25, 0.3) is 5.69 Å². The van der Waals surface area contributed by atoms with E-state index in [-0.39, 0.29) is 11.5 Å². The Morgan fingerprint density at radius 2 is 2.00 bits per heavy atom. The van der Waals surface area contributed by atoms with Crippen molar-refractivity contribution in [3.05, 3.63) is 63.7 Å². The molecule has 0 bridgehead atoms. The van der Waals surface area contributed by atoms with Crippen molar-refractivity contribution in [3.8, 4) is 5.69 Å². The summed E-state index contributed by atoms with van der Waals surface area (Å²) in [5.74, 6) is -0.298. The average molecular weight is 393 g/mol. The number of amides is 1. The van der Waals surface area contributed by atoms with Gasteiger partial charge in [-0.2, -0.15) is 4.68 Å². The van der Waals surface area contributed by atoms with Crippen LogP contribution in [0.2, 0.25) is 5.02 Å². The standard InChI is InChI=1S/C15H11BrClN5O/c16-9-3-1-5-11(7-9)19-15(23)13-14(18)22(21-20-13)12-6-2-4-10(17)8-12/h1-8H,18H2,(H,19,23). The molecule has 0 aliphatic heterocycles. The predicted octanol–water partition coefficient (Wildman–Crippen LogP) is 3.52. The van der Waals surface area contributed by atoms with Gasteiger partial charge < -0.3 is 11.1 Å². The van der Waals surface area contributed by atoms with Crippen LogP contribution in [0.15, 0.2) is 53.0 Å². The Morgan fingerprint density at radius 3 is 2.74 bits per heavy atom. The quantitative estimate of drug-likeness (QED) is 0.714. The zero-order valence-electron chi connectivity index (χ0n) is 11.7. The smallest absolute Gasteiger partial charge is 0.280 e. The van der Waals surface area contributed by atoms with Crippen molar-refractivity contribution in [3.63, 3.8) is 0 Å². The number of hydrogen-bond acceptors (Lipinski definition) is 4. The molecule has 0 atom stereocenters. The minimum absolute atomic E-state index is 0.0463. The van der Waals surface area contributed by atoms with E-state index in [0.29, 0.717) is 16.4 Å². The summed E-state index contributed by atoms with van der Waals surface area (Å²) in [5, 5.41) is 11.0. The fourth-order valence-corrected chi connectivity index (χ4v) is 2.59. The lowest BCUT2D eigenvalue weighted by Crippen LogP contribution is -2.15. The first-order valence-corrected chi connectivity index (χ1v) is 7.76. The van der Waals surface area contributed by atoms with E-state index in [0.717, 1.165) is 4.47 Å². The number of anilines is 2. The summed E-state index contributed by atoms with van der Waals surface area (Å²) in [6.45, 7) is 0. The normalized spacial score (nSPS) is 10.5. The molecule has 0 fully saturated rings. The SMILES string of the molecule is Nc1c(C(=O)Nc2cccc(Br)c2)nnn1-c1cccc(Cl)c1. The molecule has 3 aromatic rings. The van der Waals surface area contributed by atoms with Crippen molar-refractivity contribution in [1.29, 1.82) is 0 Å². The number of carbonyl (C=O) groups is 1. The summed E-state index contributed by atoms with van der Waals surface area (Å²) in [5.41, 5.74) is 7.30. The molecule has 0 saturated heterocycles. The molecule has 8 heteroatoms. The second kappa shape index (κ2) is 6.39. The molecule has 6 nitrogen and oxygen atoms in total. The Labute approximate surface area is 145 Å². The van der Waals surface area contributed by atoms with Gasteiger partial charge in [0.05, 0.1) is 5.69 Å². The zero-order chi connectivity index (χ0) is 16.4. The minimum Gasteiger partial charge on any atom is -0.382 e. The van der Waals surface area contributed by atoms with Crippen LogP contribution in [0.1, 0.15) is 10.5 Å². The minimum atomic E-state index is -0.436. The van der Waals surface area contributed by atoms with Gasteiger partial charge in [-0.05, 0) is 36.4 Å². The zero-order valence-corrected chi connectivity index (χ0v) is 14.0. The van der Waals surface area contributed by atoms with Crippen LogP contribution < -0.4 is 11.1 Å². The number of nitrogens with zero attached hydrogens (tertiary/aromatic N) is 3. The van der Waals surface area contributed by atoms with Crippen LogP contribution in [0.4, 0.5) is 11.5 Å². The van der Waals surface area contributed by atoms with Gasteiger partial charge in [-0.15, -0.1) is 5.10 Å². The Hall–Kier alpha value is -2.38. The van der Waals surface area contributed by atoms with E-state index >= 15 is 0 Å². The highest BCUT2D eigenvalue weighted by Crippen LogP contribution is 2.20. The van der Waals surface area contributed by atoms with E-state index in [1.165, 1.54) is 4.68 Å². The molecule has 0 unspecified atom stereocenters. The van der Waals surface area contributed by atoms with Crippen molar-refractivity contribution >= 4 is 44.9 Å². The molecule has 3 N–H and O–H groups in total. The molecule has 0 spiro atoms. The van der Waals surface area contributed by atoms with Gasteiger partial charge in [0.15, 0.2) is 11.5 Å². The molecule has 2 aromatic carbocycles. The molecule has 1 heterocycles. The average Bonchev–Trinajstić information content (AvgIpc) is 2.89. The number of carbonyl (C=O) groups excluding carboxylic acids is 1. The molecular weight excluding hydrogens is 382 g/mol. The Morgan fingerprint density at radius 1 is 1.22 bits per heavy atom. The molecule has 1 amide bonds. The van der Waals surface area contributed by atoms with Crippen LogP contribution >= 0.6 is 27.5 Å². The lowest BCUT2D eigenvalue weighted by molar-refractivity contribution is 0.102. The van der Waals surface area contributed by atoms with E-state index in [1.54, 1.807) is 36.4 Å². The van der Waals surface area contributed by atoms with E-state index in [9.17, 15) is 4.79 Å². The Bertz CT molecular complexity index is 880. The van der Waals surface area contributed by atoms with Gasteiger partial charge in [-0.1, -0.05) is 44.9 Å². The number of hydrogen-bond donors (Lipinski definition) is 2. The number of nitrogen functional groups attached to an aromatic ring is 1. The van der Waals surface area contributed by atoms with E-state index in [1.807, 2.05) is 12.1 Å². The first kappa shape index (κ1) is 15.5.